The van der Waals surface area contributed by atoms with Crippen molar-refractivity contribution >= 4 is 17.6 Å². The summed E-state index contributed by atoms with van der Waals surface area (Å²) in [4.78, 5) is 16.2. The molecule has 1 aromatic carbocycles. The summed E-state index contributed by atoms with van der Waals surface area (Å²) in [5.41, 5.74) is 6.17. The molecule has 3 aliphatic rings. The van der Waals surface area contributed by atoms with E-state index in [9.17, 15) is 15.5 Å². The van der Waals surface area contributed by atoms with Crippen LogP contribution in [-0.2, 0) is 18.2 Å². The van der Waals surface area contributed by atoms with Crippen molar-refractivity contribution in [2.45, 2.75) is 31.7 Å². The molecule has 1 saturated heterocycles. The van der Waals surface area contributed by atoms with Crippen molar-refractivity contribution in [1.82, 2.24) is 25.3 Å². The molecule has 4 heterocycles. The first kappa shape index (κ1) is 23.9. The molecule has 0 unspecified atom stereocenters. The van der Waals surface area contributed by atoms with Crippen molar-refractivity contribution in [1.29, 1.82) is 10.7 Å². The number of carbonyl (C=O) groups excluding carboxylic acids is 1. The van der Waals surface area contributed by atoms with E-state index in [4.69, 9.17) is 4.74 Å². The van der Waals surface area contributed by atoms with E-state index in [-0.39, 0.29) is 12.1 Å². The normalized spacial score (nSPS) is 19.6. The van der Waals surface area contributed by atoms with Crippen LogP contribution in [0, 0.1) is 16.7 Å². The number of aromatic nitrogens is 2. The van der Waals surface area contributed by atoms with Crippen molar-refractivity contribution in [3.05, 3.63) is 46.9 Å². The molecular weight excluding hydrogens is 456 g/mol. The van der Waals surface area contributed by atoms with Gasteiger partial charge in [-0.25, -0.2) is 4.79 Å². The number of hydrogen-bond donors (Lipinski definition) is 3. The Hall–Kier alpha value is -3.84. The molecule has 0 spiro atoms. The summed E-state index contributed by atoms with van der Waals surface area (Å²) in [6, 6.07) is 6.40. The van der Waals surface area contributed by atoms with Crippen LogP contribution in [0.3, 0.4) is 0 Å². The summed E-state index contributed by atoms with van der Waals surface area (Å²) in [6.45, 7) is 3.03. The van der Waals surface area contributed by atoms with Crippen LogP contribution in [-0.4, -0.2) is 72.5 Å². The number of nitrogens with one attached hydrogen (secondary N) is 3. The van der Waals surface area contributed by atoms with Gasteiger partial charge in [-0.05, 0) is 37.0 Å². The Bertz CT molecular complexity index is 1250. The summed E-state index contributed by atoms with van der Waals surface area (Å²) in [5, 5.41) is 29.8. The van der Waals surface area contributed by atoms with Gasteiger partial charge in [-0.2, -0.15) is 10.4 Å². The van der Waals surface area contributed by atoms with Gasteiger partial charge >= 0.3 is 6.03 Å². The second kappa shape index (κ2) is 10.0. The smallest absolute Gasteiger partial charge is 0.317 e. The highest BCUT2D eigenvalue weighted by atomic mass is 16.5. The van der Waals surface area contributed by atoms with Crippen LogP contribution < -0.4 is 15.5 Å². The van der Waals surface area contributed by atoms with Gasteiger partial charge in [0.1, 0.15) is 5.84 Å². The maximum absolute atomic E-state index is 12.4. The number of aryl methyl sites for hydroxylation is 2. The van der Waals surface area contributed by atoms with Gasteiger partial charge < -0.3 is 25.2 Å². The molecule has 2 amide bonds. The minimum atomic E-state index is -0.143. The van der Waals surface area contributed by atoms with Crippen LogP contribution in [0.2, 0.25) is 0 Å². The summed E-state index contributed by atoms with van der Waals surface area (Å²) >= 11 is 0. The minimum Gasteiger partial charge on any atom is -0.383 e. The van der Waals surface area contributed by atoms with Gasteiger partial charge in [0.15, 0.2) is 0 Å². The second-order valence-electron chi connectivity index (χ2n) is 9.53. The number of nitriles is 1. The van der Waals surface area contributed by atoms with Crippen LogP contribution >= 0.6 is 0 Å². The first-order chi connectivity index (χ1) is 17.5. The Morgan fingerprint density at radius 2 is 2.17 bits per heavy atom. The van der Waals surface area contributed by atoms with Gasteiger partial charge in [0.05, 0.1) is 37.0 Å². The van der Waals surface area contributed by atoms with E-state index in [0.717, 1.165) is 59.5 Å². The molecule has 0 bridgehead atoms. The zero-order chi connectivity index (χ0) is 25.2. The number of nitrogens with zero attached hydrogens (tertiary/aromatic N) is 5. The van der Waals surface area contributed by atoms with Gasteiger partial charge in [0, 0.05) is 74.5 Å². The Balaban J connectivity index is 1.51. The summed E-state index contributed by atoms with van der Waals surface area (Å²) in [5.74, 6) is 0.379. The average molecular weight is 489 g/mol. The molecule has 5 rings (SSSR count). The fraction of sp³-hybridized carbons (Fsp3) is 0.462. The van der Waals surface area contributed by atoms with Crippen molar-refractivity contribution < 1.29 is 9.53 Å². The Labute approximate surface area is 211 Å². The molecule has 0 aliphatic carbocycles. The molecule has 1 aromatic heterocycles. The number of fused-ring (bicyclic) bond motifs is 1. The molecule has 2 aromatic rings. The lowest BCUT2D eigenvalue weighted by molar-refractivity contribution is 0.189. The highest BCUT2D eigenvalue weighted by Gasteiger charge is 2.31. The molecule has 36 heavy (non-hydrogen) atoms. The fourth-order valence-corrected chi connectivity index (χ4v) is 5.29. The Kier molecular flexibility index (Phi) is 6.65. The molecule has 0 radical (unpaired) electrons. The molecule has 188 valence electrons. The van der Waals surface area contributed by atoms with Gasteiger partial charge in [-0.1, -0.05) is 0 Å². The second-order valence-corrected chi connectivity index (χ2v) is 9.53. The van der Waals surface area contributed by atoms with Gasteiger partial charge in [0.2, 0.25) is 0 Å². The fourth-order valence-electron chi connectivity index (χ4n) is 5.29. The van der Waals surface area contributed by atoms with Gasteiger partial charge in [-0.3, -0.25) is 10.1 Å². The molecule has 1 atom stereocenters. The van der Waals surface area contributed by atoms with Crippen molar-refractivity contribution in [2.24, 2.45) is 7.05 Å². The van der Waals surface area contributed by atoms with E-state index >= 15 is 0 Å². The monoisotopic (exact) mass is 488 g/mol. The zero-order valence-electron chi connectivity index (χ0n) is 20.8. The number of benzene rings is 1. The number of carbonyl (C=O) groups is 1. The number of rotatable bonds is 4. The number of urea groups is 1. The number of amides is 2. The van der Waals surface area contributed by atoms with E-state index in [0.29, 0.717) is 44.1 Å². The third kappa shape index (κ3) is 4.54. The largest absolute Gasteiger partial charge is 0.383 e. The van der Waals surface area contributed by atoms with E-state index in [2.05, 4.69) is 27.9 Å². The van der Waals surface area contributed by atoms with Gasteiger partial charge in [0.25, 0.3) is 0 Å². The maximum Gasteiger partial charge on any atom is 0.317 e. The quantitative estimate of drug-likeness (QED) is 0.449. The number of amidine groups is 1. The maximum atomic E-state index is 12.4. The number of hydrogen-bond acceptors (Lipinski definition) is 6. The van der Waals surface area contributed by atoms with Crippen LogP contribution in [0.5, 0.6) is 0 Å². The predicted octanol–water partition coefficient (Wildman–Crippen LogP) is 2.37. The lowest BCUT2D eigenvalue weighted by atomic mass is 9.92. The van der Waals surface area contributed by atoms with E-state index < -0.39 is 0 Å². The summed E-state index contributed by atoms with van der Waals surface area (Å²) in [6.07, 6.45) is 7.06. The molecular formula is C26H32N8O2. The lowest BCUT2D eigenvalue weighted by Crippen LogP contribution is -2.48. The average Bonchev–Trinajstić information content (AvgIpc) is 3.58. The summed E-state index contributed by atoms with van der Waals surface area (Å²) in [7, 11) is 3.49. The minimum absolute atomic E-state index is 0.143. The number of ether oxygens (including phenoxy) is 1. The zero-order valence-corrected chi connectivity index (χ0v) is 20.8. The highest BCUT2D eigenvalue weighted by molar-refractivity contribution is 6.09. The topological polar surface area (TPSA) is 122 Å². The number of anilines is 1. The van der Waals surface area contributed by atoms with Gasteiger partial charge in [-0.15, -0.1) is 0 Å². The van der Waals surface area contributed by atoms with Crippen molar-refractivity contribution in [3.8, 4) is 17.2 Å². The standard InChI is InChI=1S/C26H32N8O2/c1-29-26(35)33-8-5-23(31-20-6-9-36-16-20)22(15-33)25(28)34-7-3-4-17-10-21(18(12-27)11-24(17)34)19-13-30-32(2)14-19/h10-11,13-14,20,28,31H,3-9,15-16H2,1-2H3,(H,29,35)/t20-/m0/s1. The molecule has 10 nitrogen and oxygen atoms in total. The van der Waals surface area contributed by atoms with Crippen molar-refractivity contribution in [3.63, 3.8) is 0 Å². The third-order valence-electron chi connectivity index (χ3n) is 7.18. The van der Waals surface area contributed by atoms with Crippen LogP contribution in [0.15, 0.2) is 35.8 Å². The third-order valence-corrected chi connectivity index (χ3v) is 7.18. The first-order valence-corrected chi connectivity index (χ1v) is 12.4. The van der Waals surface area contributed by atoms with Crippen LogP contribution in [0.25, 0.3) is 11.1 Å². The molecule has 1 fully saturated rings. The summed E-state index contributed by atoms with van der Waals surface area (Å²) < 4.78 is 7.28. The highest BCUT2D eigenvalue weighted by Crippen LogP contribution is 2.36. The molecule has 0 saturated carbocycles. The lowest BCUT2D eigenvalue weighted by Gasteiger charge is -2.37. The first-order valence-electron chi connectivity index (χ1n) is 12.4. The molecule has 3 aliphatic heterocycles. The van der Waals surface area contributed by atoms with E-state index in [1.54, 1.807) is 22.8 Å². The van der Waals surface area contributed by atoms with E-state index in [1.807, 2.05) is 24.2 Å². The van der Waals surface area contributed by atoms with Crippen LogP contribution in [0.1, 0.15) is 30.4 Å². The SMILES string of the molecule is CNC(=O)N1CCC(N[C@H]2CCOC2)=C(C(=N)N2CCCc3cc(-c4cnn(C)c4)c(C#N)cc32)C1. The van der Waals surface area contributed by atoms with Crippen LogP contribution in [0.4, 0.5) is 10.5 Å². The van der Waals surface area contributed by atoms with E-state index in [1.165, 1.54) is 0 Å². The Morgan fingerprint density at radius 3 is 2.86 bits per heavy atom. The molecule has 3 N–H and O–H groups in total. The Morgan fingerprint density at radius 1 is 1.31 bits per heavy atom. The molecule has 10 heteroatoms. The van der Waals surface area contributed by atoms with Crippen molar-refractivity contribution in [2.75, 3.05) is 44.8 Å². The predicted molar refractivity (Wildman–Crippen MR) is 137 cm³/mol.